The highest BCUT2D eigenvalue weighted by molar-refractivity contribution is 7.89. The van der Waals surface area contributed by atoms with Gasteiger partial charge in [0.05, 0.1) is 20.9 Å². The van der Waals surface area contributed by atoms with Crippen LogP contribution in [0.5, 0.6) is 0 Å². The van der Waals surface area contributed by atoms with Gasteiger partial charge in [-0.25, -0.2) is 4.83 Å². The van der Waals surface area contributed by atoms with Crippen LogP contribution in [-0.2, 0) is 10.0 Å². The van der Waals surface area contributed by atoms with E-state index in [4.69, 9.17) is 0 Å². The van der Waals surface area contributed by atoms with Crippen molar-refractivity contribution in [2.75, 3.05) is 0 Å². The van der Waals surface area contributed by atoms with Gasteiger partial charge < -0.3 is 0 Å². The van der Waals surface area contributed by atoms with E-state index in [1.54, 1.807) is 0 Å². The van der Waals surface area contributed by atoms with Crippen LogP contribution < -0.4 is 4.83 Å². The Balaban J connectivity index is 2.19. The van der Waals surface area contributed by atoms with Crippen LogP contribution in [0, 0.1) is 17.0 Å². The van der Waals surface area contributed by atoms with Crippen LogP contribution in [0.25, 0.3) is 0 Å². The number of nitro groups is 1. The molecule has 0 radical (unpaired) electrons. The highest BCUT2D eigenvalue weighted by atomic mass is 32.2. The molecule has 0 saturated heterocycles. The third kappa shape index (κ3) is 3.64. The molecule has 7 nitrogen and oxygen atoms in total. The van der Waals surface area contributed by atoms with Crippen molar-refractivity contribution in [1.82, 2.24) is 4.83 Å². The van der Waals surface area contributed by atoms with Gasteiger partial charge in [-0.15, -0.1) is 11.3 Å². The van der Waals surface area contributed by atoms with Crippen molar-refractivity contribution in [3.05, 3.63) is 56.3 Å². The van der Waals surface area contributed by atoms with Gasteiger partial charge in [0.2, 0.25) is 0 Å². The first-order valence-corrected chi connectivity index (χ1v) is 8.10. The van der Waals surface area contributed by atoms with Crippen molar-refractivity contribution >= 4 is 33.3 Å². The number of non-ortho nitro benzene ring substituents is 1. The molecule has 0 unspecified atom stereocenters. The fourth-order valence-electron chi connectivity index (χ4n) is 1.49. The molecule has 2 aromatic rings. The third-order valence-electron chi connectivity index (χ3n) is 2.60. The van der Waals surface area contributed by atoms with Crippen molar-refractivity contribution < 1.29 is 13.3 Å². The number of hydrogen-bond acceptors (Lipinski definition) is 6. The van der Waals surface area contributed by atoms with Gasteiger partial charge in [0.15, 0.2) is 0 Å². The molecular formula is C12H11N3O4S2. The van der Waals surface area contributed by atoms with Gasteiger partial charge in [0.25, 0.3) is 15.7 Å². The number of benzene rings is 1. The lowest BCUT2D eigenvalue weighted by Crippen LogP contribution is -2.18. The van der Waals surface area contributed by atoms with E-state index >= 15 is 0 Å². The van der Waals surface area contributed by atoms with Crippen molar-refractivity contribution in [3.8, 4) is 0 Å². The molecule has 0 spiro atoms. The molecule has 1 aromatic carbocycles. The monoisotopic (exact) mass is 325 g/mol. The summed E-state index contributed by atoms with van der Waals surface area (Å²) in [6.07, 6.45) is 1.40. The van der Waals surface area contributed by atoms with E-state index in [1.165, 1.54) is 35.8 Å². The van der Waals surface area contributed by atoms with E-state index in [2.05, 4.69) is 5.10 Å². The maximum atomic E-state index is 12.0. The van der Waals surface area contributed by atoms with Crippen molar-refractivity contribution in [1.29, 1.82) is 0 Å². The number of nitrogens with one attached hydrogen (secondary N) is 1. The summed E-state index contributed by atoms with van der Waals surface area (Å²) < 4.78 is 24.0. The Hall–Kier alpha value is -2.26. The fourth-order valence-corrected chi connectivity index (χ4v) is 3.10. The Morgan fingerprint density at radius 3 is 2.76 bits per heavy atom. The van der Waals surface area contributed by atoms with E-state index in [9.17, 15) is 18.5 Å². The number of nitro benzene ring substituents is 1. The van der Waals surface area contributed by atoms with Crippen molar-refractivity contribution in [2.45, 2.75) is 11.8 Å². The Bertz CT molecular complexity index is 796. The predicted molar refractivity (Wildman–Crippen MR) is 80.1 cm³/mol. The minimum absolute atomic E-state index is 0.211. The van der Waals surface area contributed by atoms with E-state index < -0.39 is 14.9 Å². The molecule has 1 aromatic heterocycles. The largest absolute Gasteiger partial charge is 0.276 e. The van der Waals surface area contributed by atoms with Gasteiger partial charge >= 0.3 is 0 Å². The summed E-state index contributed by atoms with van der Waals surface area (Å²) in [5.74, 6) is 0. The van der Waals surface area contributed by atoms with E-state index in [0.717, 1.165) is 16.5 Å². The number of thiophene rings is 1. The smallest absolute Gasteiger partial charge is 0.258 e. The van der Waals surface area contributed by atoms with Crippen molar-refractivity contribution in [2.24, 2.45) is 5.10 Å². The highest BCUT2D eigenvalue weighted by Gasteiger charge is 2.16. The first kappa shape index (κ1) is 15.1. The molecule has 1 heterocycles. The zero-order chi connectivity index (χ0) is 15.5. The number of hydrazone groups is 1. The summed E-state index contributed by atoms with van der Waals surface area (Å²) in [4.78, 5) is 12.6. The van der Waals surface area contributed by atoms with Gasteiger partial charge in [0.1, 0.15) is 0 Å². The summed E-state index contributed by atoms with van der Waals surface area (Å²) >= 11 is 1.43. The molecule has 21 heavy (non-hydrogen) atoms. The quantitative estimate of drug-likeness (QED) is 0.517. The zero-order valence-electron chi connectivity index (χ0n) is 10.9. The highest BCUT2D eigenvalue weighted by Crippen LogP contribution is 2.17. The van der Waals surface area contributed by atoms with Gasteiger partial charge in [-0.1, -0.05) is 6.07 Å². The second-order valence-corrected chi connectivity index (χ2v) is 6.68. The summed E-state index contributed by atoms with van der Waals surface area (Å²) in [6.45, 7) is 1.88. The summed E-state index contributed by atoms with van der Waals surface area (Å²) in [6, 6.07) is 6.66. The summed E-state index contributed by atoms with van der Waals surface area (Å²) in [5.41, 5.74) is 0.689. The molecule has 0 aliphatic heterocycles. The predicted octanol–water partition coefficient (Wildman–Crippen LogP) is 2.28. The number of rotatable bonds is 5. The topological polar surface area (TPSA) is 102 Å². The molecule has 0 aliphatic rings. The Morgan fingerprint density at radius 1 is 1.38 bits per heavy atom. The minimum Gasteiger partial charge on any atom is -0.258 e. The Morgan fingerprint density at radius 2 is 2.14 bits per heavy atom. The fraction of sp³-hybridized carbons (Fsp3) is 0.0833. The molecule has 0 fully saturated rings. The van der Waals surface area contributed by atoms with Crippen LogP contribution in [0.3, 0.4) is 0 Å². The lowest BCUT2D eigenvalue weighted by molar-refractivity contribution is -0.385. The molecule has 2 rings (SSSR count). The Labute approximate surface area is 125 Å². The second-order valence-electron chi connectivity index (χ2n) is 4.08. The first-order valence-electron chi connectivity index (χ1n) is 5.73. The third-order valence-corrected chi connectivity index (χ3v) is 4.77. The second kappa shape index (κ2) is 6.02. The lowest BCUT2D eigenvalue weighted by atomic mass is 10.3. The number of nitrogens with zero attached hydrogens (tertiary/aromatic N) is 2. The molecule has 0 amide bonds. The van der Waals surface area contributed by atoms with Gasteiger partial charge in [-0.3, -0.25) is 10.1 Å². The molecule has 0 aliphatic carbocycles. The van der Waals surface area contributed by atoms with Crippen LogP contribution in [0.15, 0.2) is 45.7 Å². The lowest BCUT2D eigenvalue weighted by Gasteiger charge is -2.02. The van der Waals surface area contributed by atoms with Crippen LogP contribution in [0.4, 0.5) is 5.69 Å². The zero-order valence-corrected chi connectivity index (χ0v) is 12.5. The molecule has 0 bridgehead atoms. The van der Waals surface area contributed by atoms with Crippen molar-refractivity contribution in [3.63, 3.8) is 0 Å². The summed E-state index contributed by atoms with van der Waals surface area (Å²) in [5, 5.41) is 16.2. The molecule has 110 valence electrons. The maximum absolute atomic E-state index is 12.0. The average Bonchev–Trinajstić information content (AvgIpc) is 2.84. The average molecular weight is 325 g/mol. The Kier molecular flexibility index (Phi) is 4.34. The summed E-state index contributed by atoms with van der Waals surface area (Å²) in [7, 11) is -3.93. The number of aryl methyl sites for hydroxylation is 1. The van der Waals surface area contributed by atoms with Gasteiger partial charge in [-0.2, -0.15) is 13.5 Å². The standard InChI is InChI=1S/C12H11N3O4S2/c1-9-5-6-20-12(9)8-13-14-21(18,19)11-4-2-3-10(7-11)15(16)17/h2-8,14H,1H3/b13-8+. The molecule has 0 saturated carbocycles. The van der Waals surface area contributed by atoms with Gasteiger partial charge in [-0.05, 0) is 30.0 Å². The van der Waals surface area contributed by atoms with Crippen LogP contribution in [0.1, 0.15) is 10.4 Å². The van der Waals surface area contributed by atoms with E-state index in [-0.39, 0.29) is 10.6 Å². The van der Waals surface area contributed by atoms with Crippen LogP contribution >= 0.6 is 11.3 Å². The maximum Gasteiger partial charge on any atom is 0.276 e. The molecular weight excluding hydrogens is 314 g/mol. The SMILES string of the molecule is Cc1ccsc1/C=N/NS(=O)(=O)c1cccc([N+](=O)[O-])c1. The van der Waals surface area contributed by atoms with Crippen LogP contribution in [0.2, 0.25) is 0 Å². The van der Waals surface area contributed by atoms with Crippen LogP contribution in [-0.4, -0.2) is 19.6 Å². The normalized spacial score (nSPS) is 11.7. The minimum atomic E-state index is -3.93. The van der Waals surface area contributed by atoms with E-state index in [1.807, 2.05) is 23.2 Å². The van der Waals surface area contributed by atoms with E-state index in [0.29, 0.717) is 0 Å². The number of sulfonamides is 1. The number of hydrogen-bond donors (Lipinski definition) is 1. The first-order chi connectivity index (χ1) is 9.90. The molecule has 9 heteroatoms. The molecule has 1 N–H and O–H groups in total. The molecule has 0 atom stereocenters. The van der Waals surface area contributed by atoms with Gasteiger partial charge in [0, 0.05) is 12.1 Å².